The van der Waals surface area contributed by atoms with Crippen molar-refractivity contribution >= 4 is 5.97 Å². The molecule has 0 aliphatic rings. The Hall–Kier alpha value is -0.790. The van der Waals surface area contributed by atoms with Gasteiger partial charge in [0.1, 0.15) is 6.61 Å². The van der Waals surface area contributed by atoms with E-state index in [1.807, 2.05) is 0 Å². The highest BCUT2D eigenvalue weighted by atomic mass is 16.5. The minimum Gasteiger partial charge on any atom is -0.461 e. The Bertz CT molecular complexity index is 665. The number of unbranched alkanes of at least 4 members (excludes halogenated alkanes) is 21. The van der Waals surface area contributed by atoms with E-state index in [4.69, 9.17) is 4.74 Å². The molecule has 0 N–H and O–H groups in total. The lowest BCUT2D eigenvalue weighted by molar-refractivity contribution is -0.142. The molecule has 0 aliphatic heterocycles. The molecule has 0 aliphatic carbocycles. The molecule has 2 nitrogen and oxygen atoms in total. The first kappa shape index (κ1) is 46.2. The number of hydrogen-bond acceptors (Lipinski definition) is 2. The molecule has 0 radical (unpaired) electrons. The molecule has 0 aromatic rings. The molecule has 0 heterocycles. The molecule has 0 rings (SSSR count). The number of ether oxygens (including phenoxy) is 1. The molecule has 2 heteroatoms. The molecule has 2 unspecified atom stereocenters. The number of hydrogen-bond donors (Lipinski definition) is 0. The van der Waals surface area contributed by atoms with E-state index in [1.54, 1.807) is 0 Å². The zero-order valence-electron chi connectivity index (χ0n) is 33.5. The zero-order valence-corrected chi connectivity index (χ0v) is 33.5. The predicted octanol–water partition coefficient (Wildman–Crippen LogP) is 15.9. The Kier molecular flexibility index (Phi) is 35.9. The van der Waals surface area contributed by atoms with Crippen LogP contribution in [-0.4, -0.2) is 12.6 Å². The topological polar surface area (TPSA) is 26.3 Å². The second-order valence-electron chi connectivity index (χ2n) is 16.3. The third-order valence-electron chi connectivity index (χ3n) is 10.6. The first-order valence-corrected chi connectivity index (χ1v) is 21.7. The van der Waals surface area contributed by atoms with Crippen molar-refractivity contribution in [1.29, 1.82) is 0 Å². The van der Waals surface area contributed by atoms with Crippen molar-refractivity contribution < 1.29 is 9.53 Å². The lowest BCUT2D eigenvalue weighted by atomic mass is 9.91. The van der Waals surface area contributed by atoms with E-state index in [1.165, 1.54) is 185 Å². The van der Waals surface area contributed by atoms with Gasteiger partial charge in [-0.05, 0) is 50.0 Å². The number of esters is 1. The molecule has 2 atom stereocenters. The highest BCUT2D eigenvalue weighted by Gasteiger charge is 2.07. The smallest absolute Gasteiger partial charge is 0.306 e. The van der Waals surface area contributed by atoms with E-state index in [0.717, 1.165) is 37.0 Å². The van der Waals surface area contributed by atoms with Crippen LogP contribution in [0.1, 0.15) is 247 Å². The summed E-state index contributed by atoms with van der Waals surface area (Å²) in [6.45, 7) is 14.5. The summed E-state index contributed by atoms with van der Waals surface area (Å²) in [6.07, 6.45) is 45.3. The second kappa shape index (κ2) is 36.5. The Balaban J connectivity index is 3.43. The van der Waals surface area contributed by atoms with Gasteiger partial charge in [-0.3, -0.25) is 4.79 Å². The Morgan fingerprint density at radius 2 is 0.830 bits per heavy atom. The number of carbonyl (C=O) groups is 1. The van der Waals surface area contributed by atoms with E-state index in [9.17, 15) is 4.79 Å². The van der Waals surface area contributed by atoms with Crippen LogP contribution in [0.3, 0.4) is 0 Å². The minimum absolute atomic E-state index is 0.0192. The van der Waals surface area contributed by atoms with E-state index < -0.39 is 0 Å². The fourth-order valence-electron chi connectivity index (χ4n) is 7.04. The van der Waals surface area contributed by atoms with Gasteiger partial charge in [-0.1, -0.05) is 220 Å². The molecule has 280 valence electrons. The predicted molar refractivity (Wildman–Crippen MR) is 211 cm³/mol. The quantitative estimate of drug-likeness (QED) is 0.0376. The van der Waals surface area contributed by atoms with Gasteiger partial charge in [0.15, 0.2) is 0 Å². The Morgan fingerprint density at radius 1 is 0.468 bits per heavy atom. The molecule has 0 fully saturated rings. The summed E-state index contributed by atoms with van der Waals surface area (Å²) < 4.78 is 5.49. The lowest BCUT2D eigenvalue weighted by Gasteiger charge is -2.15. The average molecular weight is 661 g/mol. The molecule has 47 heavy (non-hydrogen) atoms. The van der Waals surface area contributed by atoms with E-state index >= 15 is 0 Å². The summed E-state index contributed by atoms with van der Waals surface area (Å²) in [7, 11) is 0. The van der Waals surface area contributed by atoms with Crippen molar-refractivity contribution in [3.05, 3.63) is 11.6 Å². The first-order chi connectivity index (χ1) is 22.8. The van der Waals surface area contributed by atoms with Gasteiger partial charge in [-0.2, -0.15) is 0 Å². The van der Waals surface area contributed by atoms with E-state index in [2.05, 4.69) is 47.6 Å². The molecular formula is C45H88O2. The van der Waals surface area contributed by atoms with Gasteiger partial charge >= 0.3 is 5.97 Å². The number of allylic oxidation sites excluding steroid dienone is 1. The summed E-state index contributed by atoms with van der Waals surface area (Å²) in [6, 6.07) is 0. The van der Waals surface area contributed by atoms with Crippen LogP contribution >= 0.6 is 0 Å². The van der Waals surface area contributed by atoms with Crippen molar-refractivity contribution in [2.45, 2.75) is 247 Å². The van der Waals surface area contributed by atoms with Crippen molar-refractivity contribution in [1.82, 2.24) is 0 Å². The van der Waals surface area contributed by atoms with Crippen LogP contribution in [-0.2, 0) is 9.53 Å². The largest absolute Gasteiger partial charge is 0.461 e. The van der Waals surface area contributed by atoms with Crippen LogP contribution in [0.4, 0.5) is 0 Å². The van der Waals surface area contributed by atoms with Gasteiger partial charge in [-0.25, -0.2) is 0 Å². The molecule has 0 spiro atoms. The summed E-state index contributed by atoms with van der Waals surface area (Å²) >= 11 is 0. The molecule has 0 aromatic carbocycles. The molecule has 0 amide bonds. The highest BCUT2D eigenvalue weighted by Crippen LogP contribution is 2.22. The van der Waals surface area contributed by atoms with Crippen molar-refractivity contribution in [3.63, 3.8) is 0 Å². The van der Waals surface area contributed by atoms with Gasteiger partial charge in [0.05, 0.1) is 0 Å². The van der Waals surface area contributed by atoms with Crippen molar-refractivity contribution in [2.24, 2.45) is 17.8 Å². The van der Waals surface area contributed by atoms with E-state index in [0.29, 0.717) is 13.0 Å². The van der Waals surface area contributed by atoms with Crippen LogP contribution in [0.25, 0.3) is 0 Å². The molecule has 0 saturated heterocycles. The number of rotatable bonds is 37. The SMILES string of the molecule is CCCCCCCCCCCCCCCCCCCCCCCCC(=O)OCC=C(C)CCCC(C)CCCC(C)CCCC(C)C. The number of carbonyl (C=O) groups excluding carboxylic acids is 1. The van der Waals surface area contributed by atoms with Gasteiger partial charge in [0.2, 0.25) is 0 Å². The fraction of sp³-hybridized carbons (Fsp3) is 0.933. The Morgan fingerprint density at radius 3 is 1.23 bits per heavy atom. The highest BCUT2D eigenvalue weighted by molar-refractivity contribution is 5.69. The van der Waals surface area contributed by atoms with Crippen LogP contribution < -0.4 is 0 Å². The van der Waals surface area contributed by atoms with Crippen LogP contribution in [0, 0.1) is 17.8 Å². The molecular weight excluding hydrogens is 572 g/mol. The standard InChI is InChI=1S/C45H88O2/c1-7-8-9-10-11-12-13-14-15-16-17-18-19-20-21-22-23-24-25-26-27-28-38-45(46)47-40-39-44(6)37-31-36-43(5)35-30-34-42(4)33-29-32-41(2)3/h39,41-43H,7-38,40H2,1-6H3. The van der Waals surface area contributed by atoms with Gasteiger partial charge in [-0.15, -0.1) is 0 Å². The summed E-state index contributed by atoms with van der Waals surface area (Å²) in [4.78, 5) is 12.1. The molecule has 0 saturated carbocycles. The maximum atomic E-state index is 12.1. The van der Waals surface area contributed by atoms with Gasteiger partial charge < -0.3 is 4.74 Å². The normalized spacial score (nSPS) is 13.4. The van der Waals surface area contributed by atoms with Crippen LogP contribution in [0.15, 0.2) is 11.6 Å². The monoisotopic (exact) mass is 661 g/mol. The van der Waals surface area contributed by atoms with Crippen LogP contribution in [0.5, 0.6) is 0 Å². The average Bonchev–Trinajstić information content (AvgIpc) is 3.03. The minimum atomic E-state index is -0.0192. The fourth-order valence-corrected chi connectivity index (χ4v) is 7.04. The third kappa shape index (κ3) is 37.9. The first-order valence-electron chi connectivity index (χ1n) is 21.7. The van der Waals surface area contributed by atoms with Crippen molar-refractivity contribution in [3.8, 4) is 0 Å². The third-order valence-corrected chi connectivity index (χ3v) is 10.6. The summed E-state index contributed by atoms with van der Waals surface area (Å²) in [5, 5.41) is 0. The van der Waals surface area contributed by atoms with Crippen LogP contribution in [0.2, 0.25) is 0 Å². The Labute approximate surface area is 297 Å². The van der Waals surface area contributed by atoms with Gasteiger partial charge in [0, 0.05) is 6.42 Å². The maximum Gasteiger partial charge on any atom is 0.306 e. The molecule has 0 aromatic heterocycles. The summed E-state index contributed by atoms with van der Waals surface area (Å²) in [5.41, 5.74) is 1.37. The summed E-state index contributed by atoms with van der Waals surface area (Å²) in [5.74, 6) is 2.54. The molecule has 0 bridgehead atoms. The van der Waals surface area contributed by atoms with Crippen molar-refractivity contribution in [2.75, 3.05) is 6.61 Å². The lowest BCUT2D eigenvalue weighted by Crippen LogP contribution is -2.04. The van der Waals surface area contributed by atoms with E-state index in [-0.39, 0.29) is 5.97 Å². The van der Waals surface area contributed by atoms with Gasteiger partial charge in [0.25, 0.3) is 0 Å². The maximum absolute atomic E-state index is 12.1. The zero-order chi connectivity index (χ0) is 34.6. The second-order valence-corrected chi connectivity index (χ2v) is 16.3.